The number of carbonyl (C=O) groups excluding carboxylic acids is 1. The number of hydrogen-bond acceptors (Lipinski definition) is 4. The van der Waals surface area contributed by atoms with Crippen molar-refractivity contribution in [3.8, 4) is 5.75 Å². The maximum atomic E-state index is 14.2. The van der Waals surface area contributed by atoms with Gasteiger partial charge in [-0.05, 0) is 37.6 Å². The summed E-state index contributed by atoms with van der Waals surface area (Å²) in [5, 5.41) is 0.193. The fourth-order valence-electron chi connectivity index (χ4n) is 3.16. The lowest BCUT2D eigenvalue weighted by Crippen LogP contribution is -2.43. The number of hydrogen-bond donors (Lipinski definition) is 0. The summed E-state index contributed by atoms with van der Waals surface area (Å²) in [5.41, 5.74) is 1.22. The Labute approximate surface area is 169 Å². The second-order valence-corrected chi connectivity index (χ2v) is 9.52. The van der Waals surface area contributed by atoms with Crippen LogP contribution in [0.25, 0.3) is 0 Å². The van der Waals surface area contributed by atoms with E-state index >= 15 is 0 Å². The highest BCUT2D eigenvalue weighted by Gasteiger charge is 2.35. The highest BCUT2D eigenvalue weighted by atomic mass is 35.5. The van der Waals surface area contributed by atoms with Gasteiger partial charge in [-0.3, -0.25) is 4.79 Å². The second kappa shape index (κ2) is 8.49. The quantitative estimate of drug-likeness (QED) is 0.711. The lowest BCUT2D eigenvalue weighted by atomic mass is 10.1. The molecule has 0 N–H and O–H groups in total. The third-order valence-electron chi connectivity index (χ3n) is 4.74. The molecule has 0 radical (unpaired) electrons. The minimum atomic E-state index is -3.22. The molecule has 2 aromatic rings. The van der Waals surface area contributed by atoms with Crippen LogP contribution in [-0.4, -0.2) is 43.4 Å². The van der Waals surface area contributed by atoms with Crippen molar-refractivity contribution >= 4 is 27.3 Å². The molecule has 0 aromatic heterocycles. The number of benzene rings is 2. The van der Waals surface area contributed by atoms with Gasteiger partial charge >= 0.3 is 0 Å². The molecule has 1 amide bonds. The Kier molecular flexibility index (Phi) is 6.25. The molecule has 0 aliphatic carbocycles. The minimum absolute atomic E-state index is 0.00523. The standard InChI is InChI=1S/C20H21ClFNO4S/c1-14-5-7-16(8-6-14)27-12-20(24)23(15-9-10-28(25,26)13-15)11-17-18(21)3-2-4-19(17)22/h2-8,15H,9-13H2,1H3. The van der Waals surface area contributed by atoms with Crippen molar-refractivity contribution in [1.82, 2.24) is 4.90 Å². The molecule has 1 atom stereocenters. The van der Waals surface area contributed by atoms with Crippen LogP contribution in [0.2, 0.25) is 5.02 Å². The Morgan fingerprint density at radius 3 is 2.57 bits per heavy atom. The van der Waals surface area contributed by atoms with E-state index in [4.69, 9.17) is 16.3 Å². The first-order valence-corrected chi connectivity index (χ1v) is 11.1. The fraction of sp³-hybridized carbons (Fsp3) is 0.350. The number of nitrogens with zero attached hydrogens (tertiary/aromatic N) is 1. The highest BCUT2D eigenvalue weighted by molar-refractivity contribution is 7.91. The van der Waals surface area contributed by atoms with Crippen LogP contribution in [0.1, 0.15) is 17.5 Å². The number of aryl methyl sites for hydroxylation is 1. The molecule has 1 heterocycles. The van der Waals surface area contributed by atoms with E-state index in [2.05, 4.69) is 0 Å². The zero-order chi connectivity index (χ0) is 20.3. The van der Waals surface area contributed by atoms with Gasteiger partial charge in [0.1, 0.15) is 11.6 Å². The van der Waals surface area contributed by atoms with Crippen molar-refractivity contribution in [1.29, 1.82) is 0 Å². The summed E-state index contributed by atoms with van der Waals surface area (Å²) in [6.07, 6.45) is 0.310. The van der Waals surface area contributed by atoms with Crippen LogP contribution in [0.15, 0.2) is 42.5 Å². The van der Waals surface area contributed by atoms with E-state index < -0.39 is 27.6 Å². The molecule has 3 rings (SSSR count). The highest BCUT2D eigenvalue weighted by Crippen LogP contribution is 2.25. The molecule has 150 valence electrons. The fourth-order valence-corrected chi connectivity index (χ4v) is 5.11. The van der Waals surface area contributed by atoms with Gasteiger partial charge in [-0.15, -0.1) is 0 Å². The van der Waals surface area contributed by atoms with Crippen LogP contribution in [0.3, 0.4) is 0 Å². The molecule has 8 heteroatoms. The topological polar surface area (TPSA) is 63.7 Å². The first kappa shape index (κ1) is 20.6. The molecular formula is C20H21ClFNO4S. The number of carbonyl (C=O) groups is 1. The zero-order valence-electron chi connectivity index (χ0n) is 15.4. The normalized spacial score (nSPS) is 18.0. The Morgan fingerprint density at radius 2 is 1.96 bits per heavy atom. The van der Waals surface area contributed by atoms with Crippen LogP contribution in [0.5, 0.6) is 5.75 Å². The number of amides is 1. The van der Waals surface area contributed by atoms with Gasteiger partial charge < -0.3 is 9.64 Å². The predicted molar refractivity (Wildman–Crippen MR) is 106 cm³/mol. The van der Waals surface area contributed by atoms with Crippen molar-refractivity contribution in [2.45, 2.75) is 25.9 Å². The molecule has 1 unspecified atom stereocenters. The number of sulfone groups is 1. The maximum Gasteiger partial charge on any atom is 0.261 e. The molecule has 1 aliphatic heterocycles. The summed E-state index contributed by atoms with van der Waals surface area (Å²) in [5.74, 6) is -0.560. The summed E-state index contributed by atoms with van der Waals surface area (Å²) in [6.45, 7) is 1.56. The van der Waals surface area contributed by atoms with Crippen molar-refractivity contribution < 1.29 is 22.3 Å². The van der Waals surface area contributed by atoms with Crippen LogP contribution < -0.4 is 4.74 Å². The van der Waals surface area contributed by atoms with Crippen LogP contribution >= 0.6 is 11.6 Å². The van der Waals surface area contributed by atoms with E-state index in [1.807, 2.05) is 19.1 Å². The average Bonchev–Trinajstić information content (AvgIpc) is 3.00. The Morgan fingerprint density at radius 1 is 1.25 bits per heavy atom. The largest absolute Gasteiger partial charge is 0.484 e. The van der Waals surface area contributed by atoms with Crippen molar-refractivity contribution in [3.63, 3.8) is 0 Å². The van der Waals surface area contributed by atoms with Crippen LogP contribution in [-0.2, 0) is 21.2 Å². The van der Waals surface area contributed by atoms with Crippen LogP contribution in [0.4, 0.5) is 4.39 Å². The van der Waals surface area contributed by atoms with Crippen LogP contribution in [0, 0.1) is 12.7 Å². The van der Waals surface area contributed by atoms with E-state index in [1.165, 1.54) is 23.1 Å². The smallest absolute Gasteiger partial charge is 0.261 e. The molecule has 5 nitrogen and oxygen atoms in total. The Balaban J connectivity index is 1.79. The van der Waals surface area contributed by atoms with Gasteiger partial charge in [0.05, 0.1) is 18.1 Å². The van der Waals surface area contributed by atoms with Gasteiger partial charge in [0.15, 0.2) is 16.4 Å². The first-order valence-electron chi connectivity index (χ1n) is 8.87. The Bertz CT molecular complexity index is 942. The number of rotatable bonds is 6. The summed E-state index contributed by atoms with van der Waals surface area (Å²) >= 11 is 6.10. The molecule has 1 fully saturated rings. The SMILES string of the molecule is Cc1ccc(OCC(=O)N(Cc2c(F)cccc2Cl)C2CCS(=O)(=O)C2)cc1. The molecule has 1 aliphatic rings. The van der Waals surface area contributed by atoms with Crippen molar-refractivity contribution in [3.05, 3.63) is 64.4 Å². The third-order valence-corrected chi connectivity index (χ3v) is 6.85. The minimum Gasteiger partial charge on any atom is -0.484 e. The van der Waals surface area contributed by atoms with Crippen molar-refractivity contribution in [2.75, 3.05) is 18.1 Å². The van der Waals surface area contributed by atoms with Gasteiger partial charge in [-0.1, -0.05) is 35.4 Å². The molecule has 0 saturated carbocycles. The predicted octanol–water partition coefficient (Wildman–Crippen LogP) is 3.38. The summed E-state index contributed by atoms with van der Waals surface area (Å²) in [7, 11) is -3.22. The molecular weight excluding hydrogens is 405 g/mol. The molecule has 0 spiro atoms. The number of ether oxygens (including phenoxy) is 1. The first-order chi connectivity index (χ1) is 13.2. The van der Waals surface area contributed by atoms with E-state index in [-0.39, 0.29) is 35.2 Å². The summed E-state index contributed by atoms with van der Waals surface area (Å²) < 4.78 is 43.6. The molecule has 0 bridgehead atoms. The summed E-state index contributed by atoms with van der Waals surface area (Å²) in [6, 6.07) is 11.0. The maximum absolute atomic E-state index is 14.2. The van der Waals surface area contributed by atoms with E-state index in [9.17, 15) is 17.6 Å². The zero-order valence-corrected chi connectivity index (χ0v) is 17.0. The average molecular weight is 426 g/mol. The second-order valence-electron chi connectivity index (χ2n) is 6.88. The lowest BCUT2D eigenvalue weighted by molar-refractivity contribution is -0.136. The molecule has 28 heavy (non-hydrogen) atoms. The van der Waals surface area contributed by atoms with Crippen molar-refractivity contribution in [2.24, 2.45) is 0 Å². The van der Waals surface area contributed by atoms with Gasteiger partial charge in [0.25, 0.3) is 5.91 Å². The monoisotopic (exact) mass is 425 g/mol. The van der Waals surface area contributed by atoms with E-state index in [0.717, 1.165) is 5.56 Å². The van der Waals surface area contributed by atoms with Gasteiger partial charge in [-0.25, -0.2) is 12.8 Å². The van der Waals surface area contributed by atoms with E-state index in [1.54, 1.807) is 12.1 Å². The third kappa shape index (κ3) is 5.02. The number of halogens is 2. The van der Waals surface area contributed by atoms with Gasteiger partial charge in [0, 0.05) is 16.6 Å². The summed E-state index contributed by atoms with van der Waals surface area (Å²) in [4.78, 5) is 14.2. The van der Waals surface area contributed by atoms with Gasteiger partial charge in [0.2, 0.25) is 0 Å². The lowest BCUT2D eigenvalue weighted by Gasteiger charge is -2.29. The Hall–Kier alpha value is -2.12. The van der Waals surface area contributed by atoms with Gasteiger partial charge in [-0.2, -0.15) is 0 Å². The van der Waals surface area contributed by atoms with E-state index in [0.29, 0.717) is 12.2 Å². The molecule has 2 aromatic carbocycles. The molecule has 1 saturated heterocycles.